The molecule has 0 amide bonds. The maximum absolute atomic E-state index is 3.47. The monoisotopic (exact) mass is 240 g/mol. The SMILES string of the molecule is CC.CC1Nc2ccccc2N1c1ccccc1. The minimum absolute atomic E-state index is 0.305. The van der Waals surface area contributed by atoms with Gasteiger partial charge in [0.25, 0.3) is 0 Å². The quantitative estimate of drug-likeness (QED) is 0.782. The van der Waals surface area contributed by atoms with Crippen LogP contribution in [0.1, 0.15) is 20.8 Å². The molecule has 1 N–H and O–H groups in total. The lowest BCUT2D eigenvalue weighted by Crippen LogP contribution is -2.28. The van der Waals surface area contributed by atoms with E-state index in [9.17, 15) is 0 Å². The van der Waals surface area contributed by atoms with E-state index in [1.54, 1.807) is 0 Å². The van der Waals surface area contributed by atoms with Crippen LogP contribution in [-0.2, 0) is 0 Å². The molecule has 1 heterocycles. The first kappa shape index (κ1) is 12.5. The van der Waals surface area contributed by atoms with Gasteiger partial charge in [-0.2, -0.15) is 0 Å². The molecule has 0 saturated heterocycles. The summed E-state index contributed by atoms with van der Waals surface area (Å²) in [6.45, 7) is 6.17. The number of fused-ring (bicyclic) bond motifs is 1. The Morgan fingerprint density at radius 1 is 0.889 bits per heavy atom. The summed E-state index contributed by atoms with van der Waals surface area (Å²) < 4.78 is 0. The molecule has 0 saturated carbocycles. The van der Waals surface area contributed by atoms with E-state index in [4.69, 9.17) is 0 Å². The van der Waals surface area contributed by atoms with Gasteiger partial charge in [-0.15, -0.1) is 0 Å². The second kappa shape index (κ2) is 5.58. The molecule has 0 aliphatic carbocycles. The van der Waals surface area contributed by atoms with Crippen molar-refractivity contribution in [1.29, 1.82) is 0 Å². The number of para-hydroxylation sites is 3. The van der Waals surface area contributed by atoms with Gasteiger partial charge >= 0.3 is 0 Å². The Bertz CT molecular complexity index is 493. The average molecular weight is 240 g/mol. The van der Waals surface area contributed by atoms with Crippen molar-refractivity contribution in [2.45, 2.75) is 26.9 Å². The predicted octanol–water partition coefficient (Wildman–Crippen LogP) is 4.62. The van der Waals surface area contributed by atoms with Crippen LogP contribution in [0.3, 0.4) is 0 Å². The molecule has 0 bridgehead atoms. The van der Waals surface area contributed by atoms with Crippen LogP contribution in [0.25, 0.3) is 0 Å². The number of hydrogen-bond donors (Lipinski definition) is 1. The number of rotatable bonds is 1. The molecule has 0 fully saturated rings. The first-order valence-electron chi connectivity index (χ1n) is 6.56. The van der Waals surface area contributed by atoms with Gasteiger partial charge in [0.1, 0.15) is 6.17 Å². The molecule has 94 valence electrons. The standard InChI is InChI=1S/C14H14N2.C2H6/c1-11-15-13-9-5-6-10-14(13)16(11)12-7-3-2-4-8-12;1-2/h2-11,15H,1H3;1-2H3. The molecule has 3 rings (SSSR count). The van der Waals surface area contributed by atoms with Gasteiger partial charge in [0.2, 0.25) is 0 Å². The molecule has 18 heavy (non-hydrogen) atoms. The second-order valence-electron chi connectivity index (χ2n) is 4.04. The van der Waals surface area contributed by atoms with Gasteiger partial charge in [0.05, 0.1) is 11.4 Å². The molecule has 2 aromatic carbocycles. The summed E-state index contributed by atoms with van der Waals surface area (Å²) in [5.74, 6) is 0. The smallest absolute Gasteiger partial charge is 0.101 e. The zero-order valence-corrected chi connectivity index (χ0v) is 11.2. The van der Waals surface area contributed by atoms with Crippen molar-refractivity contribution in [2.75, 3.05) is 10.2 Å². The van der Waals surface area contributed by atoms with E-state index < -0.39 is 0 Å². The third-order valence-corrected chi connectivity index (χ3v) is 2.95. The van der Waals surface area contributed by atoms with E-state index in [-0.39, 0.29) is 0 Å². The lowest BCUT2D eigenvalue weighted by molar-refractivity contribution is 0.843. The maximum Gasteiger partial charge on any atom is 0.101 e. The third-order valence-electron chi connectivity index (χ3n) is 2.95. The van der Waals surface area contributed by atoms with Crippen molar-refractivity contribution < 1.29 is 0 Å². The van der Waals surface area contributed by atoms with E-state index in [0.717, 1.165) is 0 Å². The van der Waals surface area contributed by atoms with Crippen molar-refractivity contribution in [3.63, 3.8) is 0 Å². The highest BCUT2D eigenvalue weighted by atomic mass is 15.3. The molecule has 0 spiro atoms. The summed E-state index contributed by atoms with van der Waals surface area (Å²) in [5, 5.41) is 3.47. The fourth-order valence-electron chi connectivity index (χ4n) is 2.26. The summed E-state index contributed by atoms with van der Waals surface area (Å²) in [6, 6.07) is 18.9. The second-order valence-corrected chi connectivity index (χ2v) is 4.04. The number of nitrogens with one attached hydrogen (secondary N) is 1. The fourth-order valence-corrected chi connectivity index (χ4v) is 2.26. The molecule has 1 unspecified atom stereocenters. The van der Waals surface area contributed by atoms with Gasteiger partial charge in [-0.1, -0.05) is 44.2 Å². The maximum atomic E-state index is 3.47. The van der Waals surface area contributed by atoms with Gasteiger partial charge in [-0.3, -0.25) is 0 Å². The van der Waals surface area contributed by atoms with Crippen molar-refractivity contribution in [1.82, 2.24) is 0 Å². The highest BCUT2D eigenvalue weighted by Crippen LogP contribution is 2.39. The molecule has 2 aromatic rings. The topological polar surface area (TPSA) is 15.3 Å². The first-order valence-corrected chi connectivity index (χ1v) is 6.56. The van der Waals surface area contributed by atoms with Gasteiger partial charge in [0, 0.05) is 5.69 Å². The Morgan fingerprint density at radius 3 is 2.22 bits per heavy atom. The third kappa shape index (κ3) is 2.19. The highest BCUT2D eigenvalue weighted by molar-refractivity contribution is 5.82. The average Bonchev–Trinajstić information content (AvgIpc) is 2.78. The number of hydrogen-bond acceptors (Lipinski definition) is 2. The van der Waals surface area contributed by atoms with Crippen LogP contribution in [0.2, 0.25) is 0 Å². The zero-order chi connectivity index (χ0) is 13.0. The lowest BCUT2D eigenvalue weighted by atomic mass is 10.2. The Kier molecular flexibility index (Phi) is 3.88. The predicted molar refractivity (Wildman–Crippen MR) is 79.5 cm³/mol. The van der Waals surface area contributed by atoms with Crippen LogP contribution in [0.4, 0.5) is 17.1 Å². The Labute approximate surface area is 109 Å². The Hall–Kier alpha value is -1.96. The van der Waals surface area contributed by atoms with Crippen molar-refractivity contribution >= 4 is 17.1 Å². The summed E-state index contributed by atoms with van der Waals surface area (Å²) in [6.07, 6.45) is 0.305. The van der Waals surface area contributed by atoms with Crippen molar-refractivity contribution in [3.8, 4) is 0 Å². The molecular formula is C16H20N2. The van der Waals surface area contributed by atoms with E-state index in [1.807, 2.05) is 19.9 Å². The van der Waals surface area contributed by atoms with E-state index in [0.29, 0.717) is 6.17 Å². The van der Waals surface area contributed by atoms with Gasteiger partial charge < -0.3 is 10.2 Å². The fraction of sp³-hybridized carbons (Fsp3) is 0.250. The Morgan fingerprint density at radius 2 is 1.50 bits per heavy atom. The van der Waals surface area contributed by atoms with Gasteiger partial charge in [-0.05, 0) is 31.2 Å². The zero-order valence-electron chi connectivity index (χ0n) is 11.2. The number of anilines is 3. The van der Waals surface area contributed by atoms with Crippen molar-refractivity contribution in [3.05, 3.63) is 54.6 Å². The molecule has 2 heteroatoms. The molecule has 0 aromatic heterocycles. The van der Waals surface area contributed by atoms with E-state index >= 15 is 0 Å². The van der Waals surface area contributed by atoms with Crippen LogP contribution in [0.5, 0.6) is 0 Å². The van der Waals surface area contributed by atoms with Crippen LogP contribution < -0.4 is 10.2 Å². The molecular weight excluding hydrogens is 220 g/mol. The van der Waals surface area contributed by atoms with Crippen LogP contribution in [0.15, 0.2) is 54.6 Å². The summed E-state index contributed by atoms with van der Waals surface area (Å²) in [5.41, 5.74) is 3.69. The van der Waals surface area contributed by atoms with Crippen LogP contribution in [-0.4, -0.2) is 6.17 Å². The normalized spacial score (nSPS) is 16.4. The van der Waals surface area contributed by atoms with E-state index in [1.165, 1.54) is 17.1 Å². The summed E-state index contributed by atoms with van der Waals surface area (Å²) >= 11 is 0. The van der Waals surface area contributed by atoms with Crippen molar-refractivity contribution in [2.24, 2.45) is 0 Å². The molecule has 1 aliphatic rings. The lowest BCUT2D eigenvalue weighted by Gasteiger charge is -2.23. The molecule has 1 aliphatic heterocycles. The van der Waals surface area contributed by atoms with Gasteiger partial charge in [0.15, 0.2) is 0 Å². The summed E-state index contributed by atoms with van der Waals surface area (Å²) in [7, 11) is 0. The number of nitrogens with zero attached hydrogens (tertiary/aromatic N) is 1. The minimum atomic E-state index is 0.305. The molecule has 0 radical (unpaired) electrons. The largest absolute Gasteiger partial charge is 0.363 e. The van der Waals surface area contributed by atoms with Gasteiger partial charge in [-0.25, -0.2) is 0 Å². The minimum Gasteiger partial charge on any atom is -0.363 e. The van der Waals surface area contributed by atoms with Crippen LogP contribution >= 0.6 is 0 Å². The van der Waals surface area contributed by atoms with E-state index in [2.05, 4.69) is 65.7 Å². The summed E-state index contributed by atoms with van der Waals surface area (Å²) in [4.78, 5) is 2.31. The Balaban J connectivity index is 0.000000574. The van der Waals surface area contributed by atoms with Crippen LogP contribution in [0, 0.1) is 0 Å². The molecule has 1 atom stereocenters. The molecule has 2 nitrogen and oxygen atoms in total. The first-order chi connectivity index (χ1) is 8.86. The highest BCUT2D eigenvalue weighted by Gasteiger charge is 2.25. The number of benzene rings is 2.